The lowest BCUT2D eigenvalue weighted by atomic mass is 9.81. The fraction of sp³-hybridized carbons (Fsp3) is 0.500. The van der Waals surface area contributed by atoms with E-state index in [2.05, 4.69) is 9.97 Å². The van der Waals surface area contributed by atoms with Gasteiger partial charge in [-0.3, -0.25) is 14.7 Å². The van der Waals surface area contributed by atoms with Crippen molar-refractivity contribution >= 4 is 17.5 Å². The number of nitrogens with zero attached hydrogens (tertiary/aromatic N) is 4. The van der Waals surface area contributed by atoms with Crippen LogP contribution in [0.15, 0.2) is 36.7 Å². The van der Waals surface area contributed by atoms with Crippen LogP contribution in [-0.2, 0) is 6.54 Å². The molecule has 2 amide bonds. The quantitative estimate of drug-likeness (QED) is 0.636. The van der Waals surface area contributed by atoms with Crippen molar-refractivity contribution in [1.29, 1.82) is 0 Å². The second-order valence-corrected chi connectivity index (χ2v) is 8.87. The summed E-state index contributed by atoms with van der Waals surface area (Å²) in [5, 5.41) is 0. The fourth-order valence-corrected chi connectivity index (χ4v) is 4.62. The number of ether oxygens (including phenoxy) is 1. The molecule has 2 fully saturated rings. The number of pyridine rings is 2. The minimum absolute atomic E-state index is 0.0122. The van der Waals surface area contributed by atoms with Crippen molar-refractivity contribution in [2.24, 2.45) is 0 Å². The molecule has 0 unspecified atom stereocenters. The van der Waals surface area contributed by atoms with Crippen LogP contribution < -0.4 is 9.64 Å². The van der Waals surface area contributed by atoms with Crippen LogP contribution in [0.25, 0.3) is 0 Å². The third kappa shape index (κ3) is 4.40. The van der Waals surface area contributed by atoms with Crippen molar-refractivity contribution in [2.75, 3.05) is 11.4 Å². The second-order valence-electron chi connectivity index (χ2n) is 8.87. The lowest BCUT2D eigenvalue weighted by molar-refractivity contribution is 0.101. The largest absolute Gasteiger partial charge is 0.475 e. The number of rotatable bonds is 6. The van der Waals surface area contributed by atoms with Gasteiger partial charge in [0.2, 0.25) is 5.88 Å². The molecule has 1 aliphatic carbocycles. The Morgan fingerprint density at radius 3 is 2.45 bits per heavy atom. The summed E-state index contributed by atoms with van der Waals surface area (Å²) in [6.07, 6.45) is 8.95. The van der Waals surface area contributed by atoms with Crippen molar-refractivity contribution in [3.8, 4) is 5.88 Å². The molecule has 0 aromatic carbocycles. The number of carbonyl (C=O) groups is 2. The Morgan fingerprint density at radius 2 is 1.87 bits per heavy atom. The monoisotopic (exact) mass is 422 g/mol. The molecule has 3 heterocycles. The SMILES string of the molecule is CC(=O)c1ccc(N2CC3(CCCCC3)N(Cc3ccc(OC(C)C)nc3)C2=O)cn1. The van der Waals surface area contributed by atoms with E-state index in [0.717, 1.165) is 36.9 Å². The van der Waals surface area contributed by atoms with E-state index in [1.54, 1.807) is 18.5 Å². The van der Waals surface area contributed by atoms with Crippen LogP contribution in [0.2, 0.25) is 0 Å². The van der Waals surface area contributed by atoms with E-state index < -0.39 is 0 Å². The summed E-state index contributed by atoms with van der Waals surface area (Å²) in [7, 11) is 0. The molecule has 31 heavy (non-hydrogen) atoms. The van der Waals surface area contributed by atoms with Crippen LogP contribution in [0.4, 0.5) is 10.5 Å². The number of hydrogen-bond acceptors (Lipinski definition) is 5. The van der Waals surface area contributed by atoms with E-state index in [4.69, 9.17) is 4.74 Å². The van der Waals surface area contributed by atoms with Gasteiger partial charge in [-0.1, -0.05) is 25.3 Å². The second kappa shape index (κ2) is 8.65. The van der Waals surface area contributed by atoms with Crippen LogP contribution in [0, 0.1) is 0 Å². The van der Waals surface area contributed by atoms with Gasteiger partial charge in [0.05, 0.1) is 30.1 Å². The molecule has 164 valence electrons. The Kier molecular flexibility index (Phi) is 5.94. The Bertz CT molecular complexity index is 934. The van der Waals surface area contributed by atoms with Crippen molar-refractivity contribution < 1.29 is 14.3 Å². The predicted molar refractivity (Wildman–Crippen MR) is 118 cm³/mol. The van der Waals surface area contributed by atoms with Gasteiger partial charge >= 0.3 is 6.03 Å². The molecule has 0 bridgehead atoms. The first-order chi connectivity index (χ1) is 14.9. The van der Waals surface area contributed by atoms with Gasteiger partial charge in [-0.25, -0.2) is 9.78 Å². The van der Waals surface area contributed by atoms with Crippen molar-refractivity contribution in [2.45, 2.75) is 71.1 Å². The number of amides is 2. The number of aromatic nitrogens is 2. The first-order valence-electron chi connectivity index (χ1n) is 11.1. The van der Waals surface area contributed by atoms with Crippen LogP contribution in [0.1, 0.15) is 68.9 Å². The van der Waals surface area contributed by atoms with E-state index in [0.29, 0.717) is 24.7 Å². The highest BCUT2D eigenvalue weighted by molar-refractivity contribution is 5.96. The zero-order valence-electron chi connectivity index (χ0n) is 18.5. The molecule has 1 saturated heterocycles. The van der Waals surface area contributed by atoms with Crippen LogP contribution in [0.5, 0.6) is 5.88 Å². The number of hydrogen-bond donors (Lipinski definition) is 0. The minimum atomic E-state index is -0.179. The van der Waals surface area contributed by atoms with E-state index in [1.165, 1.54) is 13.3 Å². The Balaban J connectivity index is 1.58. The molecule has 1 saturated carbocycles. The van der Waals surface area contributed by atoms with Crippen molar-refractivity contribution in [3.05, 3.63) is 47.9 Å². The minimum Gasteiger partial charge on any atom is -0.475 e. The molecule has 0 N–H and O–H groups in total. The summed E-state index contributed by atoms with van der Waals surface area (Å²) in [6, 6.07) is 7.35. The number of ketones is 1. The molecule has 2 aromatic rings. The maximum absolute atomic E-state index is 13.5. The lowest BCUT2D eigenvalue weighted by Crippen LogP contribution is -2.48. The summed E-state index contributed by atoms with van der Waals surface area (Å²) in [5.41, 5.74) is 1.96. The summed E-state index contributed by atoms with van der Waals surface area (Å²) in [5.74, 6) is 0.513. The highest BCUT2D eigenvalue weighted by Crippen LogP contribution is 2.41. The average Bonchev–Trinajstić information content (AvgIpc) is 3.01. The van der Waals surface area contributed by atoms with Gasteiger partial charge in [-0.05, 0) is 44.4 Å². The van der Waals surface area contributed by atoms with E-state index in [-0.39, 0.29) is 23.5 Å². The summed E-state index contributed by atoms with van der Waals surface area (Å²) >= 11 is 0. The van der Waals surface area contributed by atoms with E-state index in [1.807, 2.05) is 41.8 Å². The molecule has 0 atom stereocenters. The van der Waals surface area contributed by atoms with Gasteiger partial charge in [0, 0.05) is 25.7 Å². The number of urea groups is 1. The zero-order valence-corrected chi connectivity index (χ0v) is 18.5. The van der Waals surface area contributed by atoms with E-state index in [9.17, 15) is 9.59 Å². The molecule has 0 radical (unpaired) electrons. The van der Waals surface area contributed by atoms with Gasteiger partial charge in [-0.15, -0.1) is 0 Å². The van der Waals surface area contributed by atoms with Crippen molar-refractivity contribution in [1.82, 2.24) is 14.9 Å². The molecular weight excluding hydrogens is 392 g/mol. The first-order valence-corrected chi connectivity index (χ1v) is 11.1. The van der Waals surface area contributed by atoms with Crippen molar-refractivity contribution in [3.63, 3.8) is 0 Å². The normalized spacial score (nSPS) is 18.1. The maximum Gasteiger partial charge on any atom is 0.325 e. The Morgan fingerprint density at radius 1 is 1.10 bits per heavy atom. The molecule has 4 rings (SSSR count). The van der Waals surface area contributed by atoms with Gasteiger partial charge < -0.3 is 9.64 Å². The lowest BCUT2D eigenvalue weighted by Gasteiger charge is -2.40. The Labute approximate surface area is 183 Å². The molecule has 1 spiro atoms. The number of Topliss-reactive ketones (excluding diaryl/α,β-unsaturated/α-hetero) is 1. The maximum atomic E-state index is 13.5. The van der Waals surface area contributed by atoms with Gasteiger partial charge in [0.1, 0.15) is 5.69 Å². The topological polar surface area (TPSA) is 75.6 Å². The van der Waals surface area contributed by atoms with Gasteiger partial charge in [-0.2, -0.15) is 0 Å². The average molecular weight is 423 g/mol. The van der Waals surface area contributed by atoms with Crippen LogP contribution in [-0.4, -0.2) is 44.9 Å². The Hall–Kier alpha value is -2.96. The highest BCUT2D eigenvalue weighted by atomic mass is 16.5. The third-order valence-corrected chi connectivity index (χ3v) is 6.19. The summed E-state index contributed by atoms with van der Waals surface area (Å²) in [4.78, 5) is 37.6. The number of anilines is 1. The molecule has 2 aromatic heterocycles. The van der Waals surface area contributed by atoms with Gasteiger partial charge in [0.15, 0.2) is 5.78 Å². The molecule has 2 aliphatic rings. The first kappa shape index (κ1) is 21.3. The summed E-state index contributed by atoms with van der Waals surface area (Å²) < 4.78 is 5.64. The zero-order chi connectivity index (χ0) is 22.0. The molecule has 1 aliphatic heterocycles. The van der Waals surface area contributed by atoms with Crippen LogP contribution in [0.3, 0.4) is 0 Å². The van der Waals surface area contributed by atoms with Gasteiger partial charge in [0.25, 0.3) is 0 Å². The van der Waals surface area contributed by atoms with Crippen LogP contribution >= 0.6 is 0 Å². The van der Waals surface area contributed by atoms with E-state index >= 15 is 0 Å². The standard InChI is InChI=1S/C24H30N4O3/c1-17(2)31-22-10-7-19(13-26-22)15-28-23(30)27(16-24(28)11-5-4-6-12-24)20-8-9-21(18(3)29)25-14-20/h7-10,13-14,17H,4-6,11-12,15-16H2,1-3H3. The summed E-state index contributed by atoms with van der Waals surface area (Å²) in [6.45, 7) is 6.60. The smallest absolute Gasteiger partial charge is 0.325 e. The fourth-order valence-electron chi connectivity index (χ4n) is 4.62. The molecular formula is C24H30N4O3. The third-order valence-electron chi connectivity index (χ3n) is 6.19. The highest BCUT2D eigenvalue weighted by Gasteiger charge is 2.50. The predicted octanol–water partition coefficient (Wildman–Crippen LogP) is 4.61. The number of carbonyl (C=O) groups excluding carboxylic acids is 2. The molecule has 7 heteroatoms. The molecule has 7 nitrogen and oxygen atoms in total.